The monoisotopic (exact) mass is 512 g/mol. The Balaban J connectivity index is 1.33. The van der Waals surface area contributed by atoms with Crippen molar-refractivity contribution in [2.45, 2.75) is 77.0 Å². The van der Waals surface area contributed by atoms with E-state index < -0.39 is 0 Å². The molecule has 0 bridgehead atoms. The SMILES string of the molecule is COC1CCC(n2c([C@@H]3CCCN3c3ccc4c(c3)CCO4)nc3cc(-c4c(C)noc4C)ccc32)CC1. The van der Waals surface area contributed by atoms with Crippen molar-refractivity contribution in [1.82, 2.24) is 14.7 Å². The Morgan fingerprint density at radius 1 is 1.00 bits per heavy atom. The molecule has 0 N–H and O–H groups in total. The second kappa shape index (κ2) is 9.45. The van der Waals surface area contributed by atoms with E-state index in [-0.39, 0.29) is 6.04 Å². The number of benzene rings is 2. The number of aryl methyl sites for hydroxylation is 2. The highest BCUT2D eigenvalue weighted by Crippen LogP contribution is 2.43. The summed E-state index contributed by atoms with van der Waals surface area (Å²) in [5, 5.41) is 4.19. The minimum atomic E-state index is 0.255. The highest BCUT2D eigenvalue weighted by molar-refractivity contribution is 5.84. The Morgan fingerprint density at radius 2 is 1.87 bits per heavy atom. The van der Waals surface area contributed by atoms with E-state index in [1.165, 1.54) is 29.0 Å². The van der Waals surface area contributed by atoms with Gasteiger partial charge in [-0.2, -0.15) is 0 Å². The third-order valence-electron chi connectivity index (χ3n) is 8.94. The van der Waals surface area contributed by atoms with E-state index in [9.17, 15) is 0 Å². The van der Waals surface area contributed by atoms with E-state index in [4.69, 9.17) is 19.0 Å². The Labute approximate surface area is 223 Å². The molecule has 2 aromatic heterocycles. The zero-order chi connectivity index (χ0) is 25.8. The van der Waals surface area contributed by atoms with Crippen molar-refractivity contribution in [2.24, 2.45) is 0 Å². The Hall–Kier alpha value is -3.32. The average molecular weight is 513 g/mol. The Bertz CT molecular complexity index is 1460. The number of rotatable bonds is 5. The lowest BCUT2D eigenvalue weighted by Gasteiger charge is -2.33. The van der Waals surface area contributed by atoms with E-state index in [0.29, 0.717) is 12.1 Å². The first kappa shape index (κ1) is 23.8. The van der Waals surface area contributed by atoms with Crippen LogP contribution in [-0.4, -0.2) is 41.1 Å². The molecule has 1 saturated heterocycles. The van der Waals surface area contributed by atoms with Crippen LogP contribution in [0.2, 0.25) is 0 Å². The fraction of sp³-hybridized carbons (Fsp3) is 0.484. The third kappa shape index (κ3) is 3.90. The lowest BCUT2D eigenvalue weighted by Crippen LogP contribution is -2.28. The maximum absolute atomic E-state index is 5.79. The minimum absolute atomic E-state index is 0.255. The van der Waals surface area contributed by atoms with Crippen LogP contribution in [0.25, 0.3) is 22.2 Å². The van der Waals surface area contributed by atoms with Gasteiger partial charge in [-0.15, -0.1) is 0 Å². The summed E-state index contributed by atoms with van der Waals surface area (Å²) in [5.74, 6) is 3.09. The molecule has 7 rings (SSSR count). The van der Waals surface area contributed by atoms with Crippen molar-refractivity contribution in [3.05, 3.63) is 59.2 Å². The van der Waals surface area contributed by atoms with Crippen molar-refractivity contribution in [3.63, 3.8) is 0 Å². The van der Waals surface area contributed by atoms with Crippen LogP contribution in [-0.2, 0) is 11.2 Å². The van der Waals surface area contributed by atoms with Gasteiger partial charge in [0.1, 0.15) is 17.3 Å². The maximum Gasteiger partial charge on any atom is 0.141 e. The number of nitrogens with zero attached hydrogens (tertiary/aromatic N) is 4. The van der Waals surface area contributed by atoms with Crippen molar-refractivity contribution in [3.8, 4) is 16.9 Å². The average Bonchev–Trinajstić information content (AvgIpc) is 3.73. The summed E-state index contributed by atoms with van der Waals surface area (Å²) in [4.78, 5) is 7.98. The first-order valence-corrected chi connectivity index (χ1v) is 14.1. The van der Waals surface area contributed by atoms with Gasteiger partial charge < -0.3 is 23.5 Å². The first-order chi connectivity index (χ1) is 18.6. The molecule has 0 radical (unpaired) electrons. The van der Waals surface area contributed by atoms with E-state index in [1.54, 1.807) is 0 Å². The molecule has 0 unspecified atom stereocenters. The third-order valence-corrected chi connectivity index (χ3v) is 8.94. The molecular weight excluding hydrogens is 476 g/mol. The highest BCUT2D eigenvalue weighted by atomic mass is 16.5. The topological polar surface area (TPSA) is 65.5 Å². The van der Waals surface area contributed by atoms with Crippen LogP contribution in [0.3, 0.4) is 0 Å². The van der Waals surface area contributed by atoms with Gasteiger partial charge >= 0.3 is 0 Å². The molecule has 0 spiro atoms. The van der Waals surface area contributed by atoms with Crippen LogP contribution in [0.15, 0.2) is 40.9 Å². The van der Waals surface area contributed by atoms with Crippen LogP contribution in [0.5, 0.6) is 5.75 Å². The van der Waals surface area contributed by atoms with Crippen LogP contribution >= 0.6 is 0 Å². The van der Waals surface area contributed by atoms with E-state index in [1.807, 2.05) is 21.0 Å². The molecule has 0 amide bonds. The number of hydrogen-bond acceptors (Lipinski definition) is 6. The van der Waals surface area contributed by atoms with Gasteiger partial charge in [-0.3, -0.25) is 0 Å². The molecule has 2 aliphatic heterocycles. The predicted octanol–water partition coefficient (Wildman–Crippen LogP) is 6.71. The van der Waals surface area contributed by atoms with Gasteiger partial charge in [-0.1, -0.05) is 11.2 Å². The van der Waals surface area contributed by atoms with Crippen LogP contribution in [0.1, 0.15) is 73.5 Å². The van der Waals surface area contributed by atoms with Gasteiger partial charge in [0.15, 0.2) is 0 Å². The zero-order valence-corrected chi connectivity index (χ0v) is 22.6. The van der Waals surface area contributed by atoms with Gasteiger partial charge in [0.25, 0.3) is 0 Å². The Morgan fingerprint density at radius 3 is 2.66 bits per heavy atom. The zero-order valence-electron chi connectivity index (χ0n) is 22.6. The molecule has 4 aromatic rings. The van der Waals surface area contributed by atoms with Crippen molar-refractivity contribution in [2.75, 3.05) is 25.2 Å². The number of fused-ring (bicyclic) bond motifs is 2. The van der Waals surface area contributed by atoms with E-state index >= 15 is 0 Å². The molecule has 3 aliphatic rings. The van der Waals surface area contributed by atoms with Gasteiger partial charge in [-0.05, 0) is 93.8 Å². The molecule has 38 heavy (non-hydrogen) atoms. The summed E-state index contributed by atoms with van der Waals surface area (Å²) in [6.07, 6.45) is 8.06. The van der Waals surface area contributed by atoms with Crippen LogP contribution < -0.4 is 9.64 Å². The number of aromatic nitrogens is 3. The number of imidazole rings is 1. The molecular formula is C31H36N4O3. The lowest BCUT2D eigenvalue weighted by molar-refractivity contribution is 0.0584. The predicted molar refractivity (Wildman–Crippen MR) is 148 cm³/mol. The largest absolute Gasteiger partial charge is 0.493 e. The quantitative estimate of drug-likeness (QED) is 0.296. The fourth-order valence-electron chi connectivity index (χ4n) is 7.02. The molecule has 198 valence electrons. The maximum atomic E-state index is 5.79. The number of anilines is 1. The normalized spacial score (nSPS) is 23.2. The van der Waals surface area contributed by atoms with Gasteiger partial charge in [0.05, 0.1) is 35.5 Å². The summed E-state index contributed by atoms with van der Waals surface area (Å²) in [7, 11) is 1.84. The fourth-order valence-corrected chi connectivity index (χ4v) is 7.02. The summed E-state index contributed by atoms with van der Waals surface area (Å²) < 4.78 is 19.6. The molecule has 4 heterocycles. The molecule has 2 aromatic carbocycles. The number of hydrogen-bond donors (Lipinski definition) is 0. The summed E-state index contributed by atoms with van der Waals surface area (Å²) in [5.41, 5.74) is 8.01. The summed E-state index contributed by atoms with van der Waals surface area (Å²) >= 11 is 0. The van der Waals surface area contributed by atoms with Gasteiger partial charge in [0.2, 0.25) is 0 Å². The smallest absolute Gasteiger partial charge is 0.141 e. The highest BCUT2D eigenvalue weighted by Gasteiger charge is 2.34. The molecule has 1 atom stereocenters. The lowest BCUT2D eigenvalue weighted by atomic mass is 9.92. The molecule has 2 fully saturated rings. The second-order valence-electron chi connectivity index (χ2n) is 11.2. The Kier molecular flexibility index (Phi) is 5.91. The number of ether oxygens (including phenoxy) is 2. The number of methoxy groups -OCH3 is 1. The van der Waals surface area contributed by atoms with Crippen molar-refractivity contribution < 1.29 is 14.0 Å². The van der Waals surface area contributed by atoms with Crippen molar-refractivity contribution in [1.29, 1.82) is 0 Å². The van der Waals surface area contributed by atoms with Crippen molar-refractivity contribution >= 4 is 16.7 Å². The summed E-state index contributed by atoms with van der Waals surface area (Å²) in [6.45, 7) is 5.83. The molecule has 7 nitrogen and oxygen atoms in total. The van der Waals surface area contributed by atoms with Gasteiger partial charge in [0, 0.05) is 37.4 Å². The minimum Gasteiger partial charge on any atom is -0.493 e. The van der Waals surface area contributed by atoms with E-state index in [0.717, 1.165) is 85.5 Å². The van der Waals surface area contributed by atoms with E-state index in [2.05, 4.69) is 51.0 Å². The molecule has 1 aliphatic carbocycles. The first-order valence-electron chi connectivity index (χ1n) is 14.1. The summed E-state index contributed by atoms with van der Waals surface area (Å²) in [6, 6.07) is 14.1. The molecule has 7 heteroatoms. The van der Waals surface area contributed by atoms with Gasteiger partial charge in [-0.25, -0.2) is 4.98 Å². The standard InChI is InChI=1S/C31H36N4O3/c1-19-30(20(2)38-33-19)22-6-12-27-26(18-22)32-31(35(27)23-7-10-25(36-3)11-8-23)28-5-4-15-34(28)24-9-13-29-21(17-24)14-16-37-29/h6,9,12-13,17-18,23,25,28H,4-5,7-8,10-11,14-16H2,1-3H3/t23?,25?,28-/m0/s1. The molecule has 1 saturated carbocycles. The van der Waals surface area contributed by atoms with Crippen LogP contribution in [0, 0.1) is 13.8 Å². The second-order valence-corrected chi connectivity index (χ2v) is 11.2. The van der Waals surface area contributed by atoms with Crippen LogP contribution in [0.4, 0.5) is 5.69 Å².